The highest BCUT2D eigenvalue weighted by molar-refractivity contribution is 5.97. The number of hydrogen-bond acceptors (Lipinski definition) is 3. The molecule has 0 radical (unpaired) electrons. The van der Waals surface area contributed by atoms with Crippen LogP contribution < -0.4 is 10.6 Å². The number of hydrogen-bond donors (Lipinski definition) is 2. The standard InChI is InChI=1S/C16H21N3O/c20-15-14-4-2-1-3-13(14)7-16(18-15)10-19(11-16)9-12-5-6-17-8-12/h1-4,12,17H,5-11H2,(H,18,20). The molecule has 0 aliphatic carbocycles. The van der Waals surface area contributed by atoms with Crippen LogP contribution in [0.5, 0.6) is 0 Å². The highest BCUT2D eigenvalue weighted by atomic mass is 16.2. The van der Waals surface area contributed by atoms with Crippen molar-refractivity contribution in [1.82, 2.24) is 15.5 Å². The molecule has 0 aromatic heterocycles. The number of fused-ring (bicyclic) bond motifs is 1. The minimum absolute atomic E-state index is 0.00251. The summed E-state index contributed by atoms with van der Waals surface area (Å²) in [7, 11) is 0. The number of amides is 1. The molecule has 4 heteroatoms. The molecule has 4 nitrogen and oxygen atoms in total. The number of likely N-dealkylation sites (tertiary alicyclic amines) is 1. The van der Waals surface area contributed by atoms with Crippen LogP contribution in [0.4, 0.5) is 0 Å². The molecule has 0 bridgehead atoms. The van der Waals surface area contributed by atoms with Gasteiger partial charge >= 0.3 is 0 Å². The fourth-order valence-electron chi connectivity index (χ4n) is 3.98. The smallest absolute Gasteiger partial charge is 0.252 e. The average Bonchev–Trinajstić information content (AvgIpc) is 2.90. The monoisotopic (exact) mass is 271 g/mol. The minimum atomic E-state index is -0.00251. The summed E-state index contributed by atoms with van der Waals surface area (Å²) in [6.07, 6.45) is 2.27. The second-order valence-electron chi connectivity index (χ2n) is 6.60. The van der Waals surface area contributed by atoms with E-state index in [9.17, 15) is 4.79 Å². The molecule has 1 aromatic rings. The van der Waals surface area contributed by atoms with Crippen LogP contribution in [0.25, 0.3) is 0 Å². The van der Waals surface area contributed by atoms with Crippen LogP contribution in [0.3, 0.4) is 0 Å². The Labute approximate surface area is 119 Å². The minimum Gasteiger partial charge on any atom is -0.344 e. The fraction of sp³-hybridized carbons (Fsp3) is 0.562. The molecular weight excluding hydrogens is 250 g/mol. The van der Waals surface area contributed by atoms with E-state index in [-0.39, 0.29) is 11.4 Å². The average molecular weight is 271 g/mol. The summed E-state index contributed by atoms with van der Waals surface area (Å²) in [5.41, 5.74) is 2.06. The highest BCUT2D eigenvalue weighted by Crippen LogP contribution is 2.31. The summed E-state index contributed by atoms with van der Waals surface area (Å²) >= 11 is 0. The first-order chi connectivity index (χ1) is 9.74. The zero-order valence-electron chi connectivity index (χ0n) is 11.7. The molecule has 1 unspecified atom stereocenters. The van der Waals surface area contributed by atoms with Crippen molar-refractivity contribution in [2.45, 2.75) is 18.4 Å². The lowest BCUT2D eigenvalue weighted by Crippen LogP contribution is -2.73. The molecule has 1 spiro atoms. The van der Waals surface area contributed by atoms with Gasteiger partial charge in [0.15, 0.2) is 0 Å². The van der Waals surface area contributed by atoms with Crippen LogP contribution in [-0.4, -0.2) is 49.1 Å². The van der Waals surface area contributed by atoms with Crippen LogP contribution in [0.2, 0.25) is 0 Å². The normalized spacial score (nSPS) is 28.0. The maximum Gasteiger partial charge on any atom is 0.252 e. The Morgan fingerprint density at radius 3 is 2.95 bits per heavy atom. The van der Waals surface area contributed by atoms with Crippen LogP contribution in [-0.2, 0) is 6.42 Å². The Morgan fingerprint density at radius 1 is 1.30 bits per heavy atom. The van der Waals surface area contributed by atoms with Crippen LogP contribution >= 0.6 is 0 Å². The van der Waals surface area contributed by atoms with Crippen molar-refractivity contribution >= 4 is 5.91 Å². The van der Waals surface area contributed by atoms with Gasteiger partial charge in [-0.15, -0.1) is 0 Å². The number of rotatable bonds is 2. The van der Waals surface area contributed by atoms with E-state index in [1.54, 1.807) is 0 Å². The van der Waals surface area contributed by atoms with E-state index in [4.69, 9.17) is 0 Å². The first-order valence-electron chi connectivity index (χ1n) is 7.58. The molecule has 0 saturated carbocycles. The molecule has 3 aliphatic rings. The van der Waals surface area contributed by atoms with Crippen LogP contribution in [0.1, 0.15) is 22.3 Å². The summed E-state index contributed by atoms with van der Waals surface area (Å²) in [5, 5.41) is 6.66. The summed E-state index contributed by atoms with van der Waals surface area (Å²) in [6, 6.07) is 8.00. The van der Waals surface area contributed by atoms with E-state index in [1.807, 2.05) is 18.2 Å². The van der Waals surface area contributed by atoms with Crippen molar-refractivity contribution in [2.75, 3.05) is 32.7 Å². The molecule has 1 amide bonds. The van der Waals surface area contributed by atoms with E-state index in [2.05, 4.69) is 21.6 Å². The topological polar surface area (TPSA) is 44.4 Å². The largest absolute Gasteiger partial charge is 0.344 e. The number of carbonyl (C=O) groups excluding carboxylic acids is 1. The lowest BCUT2D eigenvalue weighted by atomic mass is 9.78. The zero-order chi connectivity index (χ0) is 13.6. The van der Waals surface area contributed by atoms with E-state index in [0.29, 0.717) is 0 Å². The Kier molecular flexibility index (Phi) is 2.82. The Morgan fingerprint density at radius 2 is 2.15 bits per heavy atom. The van der Waals surface area contributed by atoms with E-state index in [0.717, 1.165) is 44.1 Å². The third kappa shape index (κ3) is 2.03. The molecule has 1 atom stereocenters. The predicted octanol–water partition coefficient (Wildman–Crippen LogP) is 0.636. The zero-order valence-corrected chi connectivity index (χ0v) is 11.7. The van der Waals surface area contributed by atoms with Gasteiger partial charge in [0.05, 0.1) is 5.54 Å². The van der Waals surface area contributed by atoms with E-state index >= 15 is 0 Å². The molecule has 2 fully saturated rings. The van der Waals surface area contributed by atoms with Crippen LogP contribution in [0, 0.1) is 5.92 Å². The number of nitrogens with zero attached hydrogens (tertiary/aromatic N) is 1. The van der Waals surface area contributed by atoms with Gasteiger partial charge in [-0.2, -0.15) is 0 Å². The van der Waals surface area contributed by atoms with E-state index in [1.165, 1.54) is 18.5 Å². The Hall–Kier alpha value is -1.39. The van der Waals surface area contributed by atoms with Crippen molar-refractivity contribution in [1.29, 1.82) is 0 Å². The van der Waals surface area contributed by atoms with Gasteiger partial charge in [-0.1, -0.05) is 18.2 Å². The summed E-state index contributed by atoms with van der Waals surface area (Å²) in [6.45, 7) is 5.49. The van der Waals surface area contributed by atoms with Gasteiger partial charge in [0, 0.05) is 25.2 Å². The number of benzene rings is 1. The number of carbonyl (C=O) groups is 1. The van der Waals surface area contributed by atoms with Gasteiger partial charge in [-0.25, -0.2) is 0 Å². The van der Waals surface area contributed by atoms with Crippen molar-refractivity contribution in [3.05, 3.63) is 35.4 Å². The molecule has 2 N–H and O–H groups in total. The maximum absolute atomic E-state index is 12.2. The van der Waals surface area contributed by atoms with Gasteiger partial charge in [-0.05, 0) is 43.5 Å². The van der Waals surface area contributed by atoms with Gasteiger partial charge in [-0.3, -0.25) is 9.69 Å². The lowest BCUT2D eigenvalue weighted by Gasteiger charge is -2.53. The molecule has 106 valence electrons. The lowest BCUT2D eigenvalue weighted by molar-refractivity contribution is 0.0247. The highest BCUT2D eigenvalue weighted by Gasteiger charge is 2.47. The van der Waals surface area contributed by atoms with Crippen molar-refractivity contribution < 1.29 is 4.79 Å². The Bertz CT molecular complexity index is 530. The van der Waals surface area contributed by atoms with Gasteiger partial charge in [0.2, 0.25) is 0 Å². The first kappa shape index (κ1) is 12.4. The molecule has 2 saturated heterocycles. The first-order valence-corrected chi connectivity index (χ1v) is 7.58. The molecule has 3 heterocycles. The number of nitrogens with one attached hydrogen (secondary N) is 2. The van der Waals surface area contributed by atoms with Gasteiger partial charge in [0.25, 0.3) is 5.91 Å². The second kappa shape index (κ2) is 4.57. The molecule has 20 heavy (non-hydrogen) atoms. The van der Waals surface area contributed by atoms with Gasteiger partial charge in [0.1, 0.15) is 0 Å². The Balaban J connectivity index is 1.43. The maximum atomic E-state index is 12.2. The summed E-state index contributed by atoms with van der Waals surface area (Å²) in [5.74, 6) is 0.896. The summed E-state index contributed by atoms with van der Waals surface area (Å²) in [4.78, 5) is 14.7. The SMILES string of the molecule is O=C1NC2(Cc3ccccc31)CN(CC1CCNC1)C2. The molecular formula is C16H21N3O. The van der Waals surface area contributed by atoms with Crippen molar-refractivity contribution in [3.8, 4) is 0 Å². The van der Waals surface area contributed by atoms with Crippen molar-refractivity contribution in [2.24, 2.45) is 5.92 Å². The quantitative estimate of drug-likeness (QED) is 0.829. The van der Waals surface area contributed by atoms with Crippen molar-refractivity contribution in [3.63, 3.8) is 0 Å². The van der Waals surface area contributed by atoms with Crippen LogP contribution in [0.15, 0.2) is 24.3 Å². The third-order valence-electron chi connectivity index (χ3n) is 4.90. The predicted molar refractivity (Wildman–Crippen MR) is 77.8 cm³/mol. The third-order valence-corrected chi connectivity index (χ3v) is 4.90. The van der Waals surface area contributed by atoms with E-state index < -0.39 is 0 Å². The van der Waals surface area contributed by atoms with Gasteiger partial charge < -0.3 is 10.6 Å². The molecule has 3 aliphatic heterocycles. The molecule has 1 aromatic carbocycles. The second-order valence-corrected chi connectivity index (χ2v) is 6.60. The molecule has 4 rings (SSSR count). The summed E-state index contributed by atoms with van der Waals surface area (Å²) < 4.78 is 0. The fourth-order valence-corrected chi connectivity index (χ4v) is 3.98.